The summed E-state index contributed by atoms with van der Waals surface area (Å²) in [5.41, 5.74) is 0.0927. The second-order valence-corrected chi connectivity index (χ2v) is 7.75. The van der Waals surface area contributed by atoms with Gasteiger partial charge in [-0.3, -0.25) is 19.7 Å². The van der Waals surface area contributed by atoms with Gasteiger partial charge in [-0.05, 0) is 52.3 Å². The lowest BCUT2D eigenvalue weighted by molar-refractivity contribution is -0.383. The quantitative estimate of drug-likeness (QED) is 0.323. The number of piperidine rings is 1. The Kier molecular flexibility index (Phi) is 9.69. The molecule has 0 saturated carbocycles. The van der Waals surface area contributed by atoms with Gasteiger partial charge in [-0.25, -0.2) is 0 Å². The topological polar surface area (TPSA) is 114 Å². The van der Waals surface area contributed by atoms with Gasteiger partial charge in [0.2, 0.25) is 11.8 Å². The number of hydrogen-bond donors (Lipinski definition) is 2. The Labute approximate surface area is 177 Å². The SMILES string of the molecule is CC(C)OCCCNC(=O)C1CCN(CCC(=O)Nc2ccccc2[N+](=O)[O-])CC1. The molecule has 1 aliphatic heterocycles. The van der Waals surface area contributed by atoms with Crippen LogP contribution in [0.25, 0.3) is 0 Å². The Morgan fingerprint density at radius 1 is 1.27 bits per heavy atom. The highest BCUT2D eigenvalue weighted by Crippen LogP contribution is 2.23. The Morgan fingerprint density at radius 3 is 2.63 bits per heavy atom. The predicted molar refractivity (Wildman–Crippen MR) is 114 cm³/mol. The maximum atomic E-state index is 12.3. The van der Waals surface area contributed by atoms with Gasteiger partial charge >= 0.3 is 0 Å². The number of nitrogens with one attached hydrogen (secondary N) is 2. The Balaban J connectivity index is 1.64. The summed E-state index contributed by atoms with van der Waals surface area (Å²) in [6.45, 7) is 7.32. The van der Waals surface area contributed by atoms with Crippen LogP contribution in [0.3, 0.4) is 0 Å². The summed E-state index contributed by atoms with van der Waals surface area (Å²) in [5, 5.41) is 16.6. The molecule has 0 radical (unpaired) electrons. The lowest BCUT2D eigenvalue weighted by atomic mass is 9.96. The second kappa shape index (κ2) is 12.2. The van der Waals surface area contributed by atoms with E-state index in [-0.39, 0.29) is 41.6 Å². The standard InChI is InChI=1S/C21H32N4O5/c1-16(2)30-15-5-11-22-21(27)17-8-12-24(13-9-17)14-10-20(26)23-18-6-3-4-7-19(18)25(28)29/h3-4,6-7,16-17H,5,8-15H2,1-2H3,(H,22,27)(H,23,26). The first-order chi connectivity index (χ1) is 14.4. The maximum Gasteiger partial charge on any atom is 0.292 e. The van der Waals surface area contributed by atoms with E-state index >= 15 is 0 Å². The molecule has 0 unspecified atom stereocenters. The Morgan fingerprint density at radius 2 is 1.97 bits per heavy atom. The molecule has 1 aliphatic rings. The van der Waals surface area contributed by atoms with Gasteiger partial charge in [0.05, 0.1) is 11.0 Å². The third kappa shape index (κ3) is 8.08. The van der Waals surface area contributed by atoms with Crippen LogP contribution in [0.5, 0.6) is 0 Å². The predicted octanol–water partition coefficient (Wildman–Crippen LogP) is 2.57. The van der Waals surface area contributed by atoms with Gasteiger partial charge in [-0.1, -0.05) is 12.1 Å². The molecule has 2 rings (SSSR count). The fraction of sp³-hybridized carbons (Fsp3) is 0.619. The van der Waals surface area contributed by atoms with E-state index in [9.17, 15) is 19.7 Å². The normalized spacial score (nSPS) is 15.2. The van der Waals surface area contributed by atoms with Crippen LogP contribution in [0.4, 0.5) is 11.4 Å². The molecule has 0 atom stereocenters. The second-order valence-electron chi connectivity index (χ2n) is 7.75. The van der Waals surface area contributed by atoms with Crippen molar-refractivity contribution < 1.29 is 19.2 Å². The Bertz CT molecular complexity index is 717. The zero-order chi connectivity index (χ0) is 21.9. The molecule has 9 heteroatoms. The summed E-state index contributed by atoms with van der Waals surface area (Å²) in [7, 11) is 0. The van der Waals surface area contributed by atoms with Crippen molar-refractivity contribution in [2.24, 2.45) is 5.92 Å². The number of nitrogens with zero attached hydrogens (tertiary/aromatic N) is 2. The number of nitro groups is 1. The average molecular weight is 421 g/mol. The molecule has 166 valence electrons. The molecule has 0 spiro atoms. The first kappa shape index (κ1) is 23.8. The van der Waals surface area contributed by atoms with Crippen molar-refractivity contribution in [1.82, 2.24) is 10.2 Å². The van der Waals surface area contributed by atoms with E-state index in [4.69, 9.17) is 4.74 Å². The van der Waals surface area contributed by atoms with Gasteiger partial charge in [0.1, 0.15) is 5.69 Å². The number of anilines is 1. The van der Waals surface area contributed by atoms with E-state index in [1.807, 2.05) is 13.8 Å². The molecule has 9 nitrogen and oxygen atoms in total. The van der Waals surface area contributed by atoms with Gasteiger partial charge in [-0.2, -0.15) is 0 Å². The molecular formula is C21H32N4O5. The van der Waals surface area contributed by atoms with Crippen LogP contribution in [0.1, 0.15) is 39.5 Å². The van der Waals surface area contributed by atoms with Crippen LogP contribution < -0.4 is 10.6 Å². The summed E-state index contributed by atoms with van der Waals surface area (Å²) in [5.74, 6) is -0.158. The number of amides is 2. The minimum absolute atomic E-state index is 0.00746. The highest BCUT2D eigenvalue weighted by molar-refractivity contribution is 5.93. The molecule has 30 heavy (non-hydrogen) atoms. The first-order valence-electron chi connectivity index (χ1n) is 10.5. The van der Waals surface area contributed by atoms with Crippen molar-refractivity contribution in [3.63, 3.8) is 0 Å². The zero-order valence-electron chi connectivity index (χ0n) is 17.8. The lowest BCUT2D eigenvalue weighted by Crippen LogP contribution is -2.41. The minimum atomic E-state index is -0.511. The largest absolute Gasteiger partial charge is 0.379 e. The van der Waals surface area contributed by atoms with Crippen molar-refractivity contribution >= 4 is 23.2 Å². The van der Waals surface area contributed by atoms with E-state index in [0.717, 1.165) is 32.4 Å². The number of carbonyl (C=O) groups is 2. The summed E-state index contributed by atoms with van der Waals surface area (Å²) in [4.78, 5) is 37.1. The van der Waals surface area contributed by atoms with Gasteiger partial charge in [0, 0.05) is 38.1 Å². The molecule has 1 heterocycles. The number of likely N-dealkylation sites (tertiary alicyclic amines) is 1. The molecule has 2 N–H and O–H groups in total. The van der Waals surface area contributed by atoms with Crippen molar-refractivity contribution in [2.75, 3.05) is 38.1 Å². The van der Waals surface area contributed by atoms with E-state index < -0.39 is 4.92 Å². The van der Waals surface area contributed by atoms with Crippen molar-refractivity contribution in [3.05, 3.63) is 34.4 Å². The van der Waals surface area contributed by atoms with Gasteiger partial charge in [0.15, 0.2) is 0 Å². The Hall–Kier alpha value is -2.52. The minimum Gasteiger partial charge on any atom is -0.379 e. The number of ether oxygens (including phenoxy) is 1. The molecule has 1 fully saturated rings. The molecule has 0 aromatic heterocycles. The number of para-hydroxylation sites is 2. The average Bonchev–Trinajstić information content (AvgIpc) is 2.72. The zero-order valence-corrected chi connectivity index (χ0v) is 17.8. The highest BCUT2D eigenvalue weighted by atomic mass is 16.6. The highest BCUT2D eigenvalue weighted by Gasteiger charge is 2.25. The summed E-state index contributed by atoms with van der Waals surface area (Å²) in [6.07, 6.45) is 2.78. The number of nitro benzene ring substituents is 1. The summed E-state index contributed by atoms with van der Waals surface area (Å²) < 4.78 is 5.46. The molecule has 0 bridgehead atoms. The van der Waals surface area contributed by atoms with E-state index in [2.05, 4.69) is 15.5 Å². The molecular weight excluding hydrogens is 388 g/mol. The van der Waals surface area contributed by atoms with Crippen LogP contribution in [0.2, 0.25) is 0 Å². The monoisotopic (exact) mass is 420 g/mol. The summed E-state index contributed by atoms with van der Waals surface area (Å²) in [6, 6.07) is 6.10. The van der Waals surface area contributed by atoms with Crippen molar-refractivity contribution in [1.29, 1.82) is 0 Å². The number of benzene rings is 1. The van der Waals surface area contributed by atoms with Gasteiger partial charge < -0.3 is 20.3 Å². The van der Waals surface area contributed by atoms with Crippen LogP contribution in [-0.2, 0) is 14.3 Å². The first-order valence-corrected chi connectivity index (χ1v) is 10.5. The third-order valence-electron chi connectivity index (χ3n) is 5.06. The molecule has 0 aliphatic carbocycles. The fourth-order valence-corrected chi connectivity index (χ4v) is 3.38. The smallest absolute Gasteiger partial charge is 0.292 e. The number of rotatable bonds is 11. The van der Waals surface area contributed by atoms with E-state index in [1.54, 1.807) is 12.1 Å². The van der Waals surface area contributed by atoms with Gasteiger partial charge in [0.25, 0.3) is 5.69 Å². The number of carbonyl (C=O) groups excluding carboxylic acids is 2. The molecule has 2 amide bonds. The van der Waals surface area contributed by atoms with Crippen molar-refractivity contribution in [3.8, 4) is 0 Å². The summed E-state index contributed by atoms with van der Waals surface area (Å²) >= 11 is 0. The van der Waals surface area contributed by atoms with Crippen LogP contribution >= 0.6 is 0 Å². The molecule has 1 aromatic rings. The molecule has 1 aromatic carbocycles. The van der Waals surface area contributed by atoms with E-state index in [0.29, 0.717) is 19.7 Å². The van der Waals surface area contributed by atoms with Gasteiger partial charge in [-0.15, -0.1) is 0 Å². The molecule has 1 saturated heterocycles. The van der Waals surface area contributed by atoms with Crippen LogP contribution in [0.15, 0.2) is 24.3 Å². The van der Waals surface area contributed by atoms with Crippen molar-refractivity contribution in [2.45, 2.75) is 45.6 Å². The third-order valence-corrected chi connectivity index (χ3v) is 5.06. The van der Waals surface area contributed by atoms with Crippen LogP contribution in [0, 0.1) is 16.0 Å². The lowest BCUT2D eigenvalue weighted by Gasteiger charge is -2.31. The maximum absolute atomic E-state index is 12.3. The van der Waals surface area contributed by atoms with E-state index in [1.165, 1.54) is 12.1 Å². The number of hydrogen-bond acceptors (Lipinski definition) is 6. The van der Waals surface area contributed by atoms with Crippen LogP contribution in [-0.4, -0.2) is 60.5 Å². The fourth-order valence-electron chi connectivity index (χ4n) is 3.38.